The van der Waals surface area contributed by atoms with Gasteiger partial charge in [-0.25, -0.2) is 0 Å². The van der Waals surface area contributed by atoms with E-state index in [0.29, 0.717) is 17.9 Å². The van der Waals surface area contributed by atoms with Crippen LogP contribution in [-0.4, -0.2) is 23.4 Å². The Morgan fingerprint density at radius 2 is 1.61 bits per heavy atom. The normalized spacial score (nSPS) is 44.8. The van der Waals surface area contributed by atoms with Gasteiger partial charge in [0.15, 0.2) is 0 Å². The number of nitrogens with one attached hydrogen (secondary N) is 2. The monoisotopic (exact) mass is 250 g/mol. The summed E-state index contributed by atoms with van der Waals surface area (Å²) < 4.78 is 0. The fourth-order valence-electron chi connectivity index (χ4n) is 5.02. The highest BCUT2D eigenvalue weighted by Crippen LogP contribution is 2.55. The van der Waals surface area contributed by atoms with E-state index in [2.05, 4.69) is 10.6 Å². The average Bonchev–Trinajstić information content (AvgIpc) is 2.20. The zero-order valence-corrected chi connectivity index (χ0v) is 11.2. The summed E-state index contributed by atoms with van der Waals surface area (Å²) in [5, 5.41) is 6.35. The van der Waals surface area contributed by atoms with Gasteiger partial charge in [-0.2, -0.15) is 0 Å². The van der Waals surface area contributed by atoms with Crippen molar-refractivity contribution in [2.45, 2.75) is 57.5 Å². The Morgan fingerprint density at radius 1 is 1.00 bits per heavy atom. The van der Waals surface area contributed by atoms with Gasteiger partial charge in [0, 0.05) is 25.4 Å². The summed E-state index contributed by atoms with van der Waals surface area (Å²) in [4.78, 5) is 22.7. The number of hydrogen-bond acceptors (Lipinski definition) is 2. The number of rotatable bonds is 2. The summed E-state index contributed by atoms with van der Waals surface area (Å²) in [5.41, 5.74) is 0.0390. The van der Waals surface area contributed by atoms with E-state index in [-0.39, 0.29) is 17.4 Å². The molecule has 4 nitrogen and oxygen atoms in total. The molecule has 4 fully saturated rings. The molecular weight excluding hydrogens is 228 g/mol. The highest BCUT2D eigenvalue weighted by Gasteiger charge is 2.55. The lowest BCUT2D eigenvalue weighted by Crippen LogP contribution is -2.66. The predicted molar refractivity (Wildman–Crippen MR) is 67.7 cm³/mol. The highest BCUT2D eigenvalue weighted by molar-refractivity contribution is 5.74. The van der Waals surface area contributed by atoms with Crippen molar-refractivity contribution in [3.05, 3.63) is 0 Å². The third-order valence-electron chi connectivity index (χ3n) is 5.08. The molecule has 4 rings (SSSR count). The Balaban J connectivity index is 1.79. The van der Waals surface area contributed by atoms with Crippen LogP contribution >= 0.6 is 0 Å². The van der Waals surface area contributed by atoms with Crippen molar-refractivity contribution in [1.82, 2.24) is 10.6 Å². The third kappa shape index (κ3) is 1.91. The lowest BCUT2D eigenvalue weighted by atomic mass is 9.51. The van der Waals surface area contributed by atoms with Crippen LogP contribution in [0.25, 0.3) is 0 Å². The van der Waals surface area contributed by atoms with Gasteiger partial charge >= 0.3 is 0 Å². The SMILES string of the molecule is CC(=O)NC1C2CC3CC1CC(NC(C)=O)(C3)C2. The van der Waals surface area contributed by atoms with Gasteiger partial charge < -0.3 is 10.6 Å². The fourth-order valence-corrected chi connectivity index (χ4v) is 5.02. The van der Waals surface area contributed by atoms with Crippen LogP contribution < -0.4 is 10.6 Å². The second-order valence-electron chi connectivity index (χ2n) is 6.66. The van der Waals surface area contributed by atoms with E-state index in [0.717, 1.165) is 25.2 Å². The van der Waals surface area contributed by atoms with Crippen LogP contribution in [0.2, 0.25) is 0 Å². The van der Waals surface area contributed by atoms with Gasteiger partial charge in [-0.3, -0.25) is 9.59 Å². The van der Waals surface area contributed by atoms with E-state index in [1.54, 1.807) is 13.8 Å². The Hall–Kier alpha value is -1.06. The zero-order valence-electron chi connectivity index (χ0n) is 11.2. The van der Waals surface area contributed by atoms with Gasteiger partial charge in [-0.15, -0.1) is 0 Å². The van der Waals surface area contributed by atoms with Crippen LogP contribution in [0.15, 0.2) is 0 Å². The Morgan fingerprint density at radius 3 is 2.11 bits per heavy atom. The molecule has 4 aliphatic rings. The molecule has 0 aromatic carbocycles. The average molecular weight is 250 g/mol. The van der Waals surface area contributed by atoms with E-state index in [1.807, 2.05) is 0 Å². The Kier molecular flexibility index (Phi) is 2.65. The van der Waals surface area contributed by atoms with Crippen LogP contribution in [0.4, 0.5) is 0 Å². The highest BCUT2D eigenvalue weighted by atomic mass is 16.2. The molecule has 2 amide bonds. The maximum Gasteiger partial charge on any atom is 0.217 e. The van der Waals surface area contributed by atoms with Crippen LogP contribution in [0.1, 0.15) is 46.0 Å². The van der Waals surface area contributed by atoms with Crippen molar-refractivity contribution in [3.8, 4) is 0 Å². The van der Waals surface area contributed by atoms with E-state index >= 15 is 0 Å². The van der Waals surface area contributed by atoms with Crippen molar-refractivity contribution >= 4 is 11.8 Å². The molecular formula is C14H22N2O2. The fraction of sp³-hybridized carbons (Fsp3) is 0.857. The number of hydrogen-bond donors (Lipinski definition) is 2. The summed E-state index contributed by atoms with van der Waals surface area (Å²) in [7, 11) is 0. The first-order chi connectivity index (χ1) is 8.47. The molecule has 0 aromatic rings. The van der Waals surface area contributed by atoms with Crippen molar-refractivity contribution in [2.75, 3.05) is 0 Å². The largest absolute Gasteiger partial charge is 0.353 e. The topological polar surface area (TPSA) is 58.2 Å². The van der Waals surface area contributed by atoms with Crippen LogP contribution in [-0.2, 0) is 9.59 Å². The van der Waals surface area contributed by atoms with Gasteiger partial charge in [-0.1, -0.05) is 0 Å². The maximum atomic E-state index is 11.4. The smallest absolute Gasteiger partial charge is 0.217 e. The van der Waals surface area contributed by atoms with Gasteiger partial charge in [0.2, 0.25) is 11.8 Å². The second-order valence-corrected chi connectivity index (χ2v) is 6.66. The van der Waals surface area contributed by atoms with Crippen LogP contribution in [0.5, 0.6) is 0 Å². The minimum absolute atomic E-state index is 0.0390. The molecule has 18 heavy (non-hydrogen) atoms. The van der Waals surface area contributed by atoms with Gasteiger partial charge in [0.1, 0.15) is 0 Å². The quantitative estimate of drug-likeness (QED) is 0.774. The second kappa shape index (κ2) is 3.97. The standard InChI is InChI=1S/C14H22N2O2/c1-8(17)15-13-11-3-10-4-12(13)7-14(5-10,6-11)16-9(2)18/h10-13H,3-7H2,1-2H3,(H,15,17)(H,16,18). The van der Waals surface area contributed by atoms with Gasteiger partial charge in [-0.05, 0) is 49.9 Å². The molecule has 0 aliphatic heterocycles. The van der Waals surface area contributed by atoms with Crippen LogP contribution in [0.3, 0.4) is 0 Å². The zero-order chi connectivity index (χ0) is 12.9. The summed E-state index contributed by atoms with van der Waals surface area (Å²) >= 11 is 0. The van der Waals surface area contributed by atoms with E-state index in [4.69, 9.17) is 0 Å². The van der Waals surface area contributed by atoms with E-state index < -0.39 is 0 Å². The Labute approximate surface area is 108 Å². The molecule has 100 valence electrons. The molecule has 2 N–H and O–H groups in total. The molecule has 4 bridgehead atoms. The first-order valence-corrected chi connectivity index (χ1v) is 7.03. The summed E-state index contributed by atoms with van der Waals surface area (Å²) in [6, 6.07) is 0.348. The molecule has 4 aliphatic carbocycles. The van der Waals surface area contributed by atoms with Crippen molar-refractivity contribution in [2.24, 2.45) is 17.8 Å². The molecule has 0 aromatic heterocycles. The lowest BCUT2D eigenvalue weighted by molar-refractivity contribution is -0.129. The van der Waals surface area contributed by atoms with E-state index in [1.165, 1.54) is 12.8 Å². The first-order valence-electron chi connectivity index (χ1n) is 7.03. The summed E-state index contributed by atoms with van der Waals surface area (Å²) in [6.07, 6.45) is 5.69. The lowest BCUT2D eigenvalue weighted by Gasteiger charge is -2.60. The number of amides is 2. The molecule has 2 atom stereocenters. The third-order valence-corrected chi connectivity index (χ3v) is 5.08. The summed E-state index contributed by atoms with van der Waals surface area (Å²) in [6.45, 7) is 3.22. The number of carbonyl (C=O) groups is 2. The molecule has 0 spiro atoms. The first kappa shape index (κ1) is 12.0. The molecule has 0 heterocycles. The van der Waals surface area contributed by atoms with Crippen molar-refractivity contribution in [3.63, 3.8) is 0 Å². The number of carbonyl (C=O) groups excluding carboxylic acids is 2. The van der Waals surface area contributed by atoms with Gasteiger partial charge in [0.25, 0.3) is 0 Å². The summed E-state index contributed by atoms with van der Waals surface area (Å²) in [5.74, 6) is 2.05. The van der Waals surface area contributed by atoms with Crippen molar-refractivity contribution < 1.29 is 9.59 Å². The molecule has 0 radical (unpaired) electrons. The minimum atomic E-state index is 0.0390. The predicted octanol–water partition coefficient (Wildman–Crippen LogP) is 1.21. The minimum Gasteiger partial charge on any atom is -0.353 e. The molecule has 0 saturated heterocycles. The molecule has 4 saturated carbocycles. The Bertz CT molecular complexity index is 377. The molecule has 2 unspecified atom stereocenters. The molecule has 4 heteroatoms. The van der Waals surface area contributed by atoms with Crippen LogP contribution in [0, 0.1) is 17.8 Å². The maximum absolute atomic E-state index is 11.4. The van der Waals surface area contributed by atoms with E-state index in [9.17, 15) is 9.59 Å². The van der Waals surface area contributed by atoms with Crippen molar-refractivity contribution in [1.29, 1.82) is 0 Å². The van der Waals surface area contributed by atoms with Gasteiger partial charge in [0.05, 0.1) is 0 Å².